The van der Waals surface area contributed by atoms with Crippen molar-refractivity contribution >= 4 is 10.8 Å². The molecule has 1 heterocycles. The van der Waals surface area contributed by atoms with E-state index in [1.54, 1.807) is 0 Å². The molecule has 1 aromatic carbocycles. The molecule has 0 amide bonds. The van der Waals surface area contributed by atoms with Crippen LogP contribution in [0.5, 0.6) is 5.88 Å². The quantitative estimate of drug-likeness (QED) is 0.721. The molecule has 0 aliphatic heterocycles. The summed E-state index contributed by atoms with van der Waals surface area (Å²) in [4.78, 5) is 4.27. The molecule has 0 aliphatic carbocycles. The maximum Gasteiger partial charge on any atom is 0.216 e. The lowest BCUT2D eigenvalue weighted by Gasteiger charge is -2.07. The van der Waals surface area contributed by atoms with E-state index in [9.17, 15) is 0 Å². The summed E-state index contributed by atoms with van der Waals surface area (Å²) < 4.78 is 5.43. The normalized spacial score (nSPS) is 10.4. The van der Waals surface area contributed by atoms with Crippen molar-refractivity contribution in [1.82, 2.24) is 4.98 Å². The minimum absolute atomic E-state index is 0.659. The highest BCUT2D eigenvalue weighted by atomic mass is 16.5. The van der Waals surface area contributed by atoms with Crippen LogP contribution in [0.25, 0.3) is 10.8 Å². The third-order valence-electron chi connectivity index (χ3n) is 2.29. The lowest BCUT2D eigenvalue weighted by Crippen LogP contribution is -1.97. The van der Waals surface area contributed by atoms with Gasteiger partial charge < -0.3 is 4.74 Å². The topological polar surface area (TPSA) is 22.1 Å². The summed E-state index contributed by atoms with van der Waals surface area (Å²) >= 11 is 0. The van der Waals surface area contributed by atoms with Crippen molar-refractivity contribution < 1.29 is 4.74 Å². The van der Waals surface area contributed by atoms with Crippen LogP contribution in [0.3, 0.4) is 0 Å². The predicted octanol–water partition coefficient (Wildman–Crippen LogP) is 2.94. The molecule has 0 atom stereocenters. The number of pyridine rings is 1. The van der Waals surface area contributed by atoms with E-state index in [1.807, 2.05) is 32.2 Å². The van der Waals surface area contributed by atoms with Crippen LogP contribution in [-0.2, 0) is 0 Å². The second kappa shape index (κ2) is 3.66. The Morgan fingerprint density at radius 2 is 2.07 bits per heavy atom. The number of aryl methyl sites for hydroxylation is 1. The molecule has 2 heteroatoms. The summed E-state index contributed by atoms with van der Waals surface area (Å²) in [6, 6.07) is 8.20. The molecule has 0 fully saturated rings. The van der Waals surface area contributed by atoms with Gasteiger partial charge in [0.15, 0.2) is 0 Å². The number of aromatic nitrogens is 1. The fraction of sp³-hybridized carbons (Fsp3) is 0.250. The van der Waals surface area contributed by atoms with Gasteiger partial charge in [-0.25, -0.2) is 4.98 Å². The van der Waals surface area contributed by atoms with Crippen LogP contribution < -0.4 is 4.74 Å². The molecule has 2 nitrogen and oxygen atoms in total. The number of hydrogen-bond donors (Lipinski definition) is 0. The van der Waals surface area contributed by atoms with E-state index in [2.05, 4.69) is 17.1 Å². The highest BCUT2D eigenvalue weighted by molar-refractivity contribution is 5.85. The van der Waals surface area contributed by atoms with Gasteiger partial charge >= 0.3 is 0 Å². The van der Waals surface area contributed by atoms with Crippen molar-refractivity contribution in [3.05, 3.63) is 36.0 Å². The second-order valence-electron chi connectivity index (χ2n) is 3.21. The third kappa shape index (κ3) is 1.43. The molecule has 0 saturated heterocycles. The van der Waals surface area contributed by atoms with Crippen LogP contribution in [0.15, 0.2) is 30.5 Å². The number of ether oxygens (including phenoxy) is 1. The SMILES string of the molecule is CCOc1ncc2ccccc2c1C. The third-order valence-corrected chi connectivity index (χ3v) is 2.29. The number of nitrogens with zero attached hydrogens (tertiary/aromatic N) is 1. The van der Waals surface area contributed by atoms with Crippen molar-refractivity contribution in [3.63, 3.8) is 0 Å². The Balaban J connectivity index is 2.63. The zero-order valence-corrected chi connectivity index (χ0v) is 8.45. The number of hydrogen-bond acceptors (Lipinski definition) is 2. The molecule has 0 N–H and O–H groups in total. The molecule has 0 aliphatic rings. The molecule has 0 bridgehead atoms. The van der Waals surface area contributed by atoms with Crippen molar-refractivity contribution in [2.24, 2.45) is 0 Å². The number of benzene rings is 1. The Labute approximate surface area is 83.5 Å². The van der Waals surface area contributed by atoms with Gasteiger partial charge in [0.25, 0.3) is 0 Å². The first kappa shape index (κ1) is 9.00. The molecular weight excluding hydrogens is 174 g/mol. The average molecular weight is 187 g/mol. The fourth-order valence-electron chi connectivity index (χ4n) is 1.57. The summed E-state index contributed by atoms with van der Waals surface area (Å²) in [6.07, 6.45) is 1.85. The lowest BCUT2D eigenvalue weighted by atomic mass is 10.1. The van der Waals surface area contributed by atoms with Crippen LogP contribution in [0.1, 0.15) is 12.5 Å². The fourth-order valence-corrected chi connectivity index (χ4v) is 1.57. The smallest absolute Gasteiger partial charge is 0.216 e. The monoisotopic (exact) mass is 187 g/mol. The van der Waals surface area contributed by atoms with E-state index < -0.39 is 0 Å². The van der Waals surface area contributed by atoms with Gasteiger partial charge in [-0.2, -0.15) is 0 Å². The van der Waals surface area contributed by atoms with Crippen molar-refractivity contribution in [1.29, 1.82) is 0 Å². The molecular formula is C12H13NO. The van der Waals surface area contributed by atoms with Gasteiger partial charge in [-0.05, 0) is 19.2 Å². The lowest BCUT2D eigenvalue weighted by molar-refractivity contribution is 0.325. The van der Waals surface area contributed by atoms with Gasteiger partial charge in [0, 0.05) is 17.1 Å². The van der Waals surface area contributed by atoms with Crippen molar-refractivity contribution in [3.8, 4) is 5.88 Å². The average Bonchev–Trinajstić information content (AvgIpc) is 2.23. The van der Waals surface area contributed by atoms with E-state index in [1.165, 1.54) is 5.39 Å². The molecule has 0 radical (unpaired) electrons. The summed E-state index contributed by atoms with van der Waals surface area (Å²) in [5.41, 5.74) is 1.12. The molecule has 0 spiro atoms. The molecule has 1 aromatic heterocycles. The minimum Gasteiger partial charge on any atom is -0.478 e. The number of fused-ring (bicyclic) bond motifs is 1. The van der Waals surface area contributed by atoms with Gasteiger partial charge in [-0.1, -0.05) is 24.3 Å². The highest BCUT2D eigenvalue weighted by Gasteiger charge is 2.04. The summed E-state index contributed by atoms with van der Waals surface area (Å²) in [5, 5.41) is 2.37. The van der Waals surface area contributed by atoms with Crippen LogP contribution in [-0.4, -0.2) is 11.6 Å². The Morgan fingerprint density at radius 1 is 1.29 bits per heavy atom. The zero-order chi connectivity index (χ0) is 9.97. The predicted molar refractivity (Wildman–Crippen MR) is 57.6 cm³/mol. The van der Waals surface area contributed by atoms with Gasteiger partial charge in [0.1, 0.15) is 0 Å². The van der Waals surface area contributed by atoms with Crippen molar-refractivity contribution in [2.75, 3.05) is 6.61 Å². The first-order chi connectivity index (χ1) is 6.83. The maximum absolute atomic E-state index is 5.43. The minimum atomic E-state index is 0.659. The van der Waals surface area contributed by atoms with Crippen LogP contribution in [0.4, 0.5) is 0 Å². The second-order valence-corrected chi connectivity index (χ2v) is 3.21. The van der Waals surface area contributed by atoms with Gasteiger partial charge in [0.2, 0.25) is 5.88 Å². The van der Waals surface area contributed by atoms with E-state index >= 15 is 0 Å². The molecule has 0 saturated carbocycles. The molecule has 0 unspecified atom stereocenters. The standard InChI is InChI=1S/C12H13NO/c1-3-14-12-9(2)11-7-5-4-6-10(11)8-13-12/h4-8H,3H2,1-2H3. The van der Waals surface area contributed by atoms with E-state index in [-0.39, 0.29) is 0 Å². The molecule has 14 heavy (non-hydrogen) atoms. The first-order valence-electron chi connectivity index (χ1n) is 4.80. The Hall–Kier alpha value is -1.57. The van der Waals surface area contributed by atoms with E-state index in [0.29, 0.717) is 6.61 Å². The number of rotatable bonds is 2. The zero-order valence-electron chi connectivity index (χ0n) is 8.45. The van der Waals surface area contributed by atoms with E-state index in [4.69, 9.17) is 4.74 Å². The van der Waals surface area contributed by atoms with Crippen molar-refractivity contribution in [2.45, 2.75) is 13.8 Å². The molecule has 2 rings (SSSR count). The Bertz CT molecular complexity index is 451. The first-order valence-corrected chi connectivity index (χ1v) is 4.80. The van der Waals surface area contributed by atoms with Crippen LogP contribution in [0, 0.1) is 6.92 Å². The summed E-state index contributed by atoms with van der Waals surface area (Å²) in [5.74, 6) is 0.742. The molecule has 72 valence electrons. The van der Waals surface area contributed by atoms with E-state index in [0.717, 1.165) is 16.8 Å². The Morgan fingerprint density at radius 3 is 2.86 bits per heavy atom. The van der Waals surface area contributed by atoms with Crippen LogP contribution >= 0.6 is 0 Å². The Kier molecular flexibility index (Phi) is 2.35. The van der Waals surface area contributed by atoms with Gasteiger partial charge in [-0.3, -0.25) is 0 Å². The molecule has 2 aromatic rings. The van der Waals surface area contributed by atoms with Gasteiger partial charge in [-0.15, -0.1) is 0 Å². The highest BCUT2D eigenvalue weighted by Crippen LogP contribution is 2.24. The summed E-state index contributed by atoms with van der Waals surface area (Å²) in [6.45, 7) is 4.67. The van der Waals surface area contributed by atoms with Crippen LogP contribution in [0.2, 0.25) is 0 Å². The maximum atomic E-state index is 5.43. The largest absolute Gasteiger partial charge is 0.478 e. The summed E-state index contributed by atoms with van der Waals surface area (Å²) in [7, 11) is 0. The van der Waals surface area contributed by atoms with Gasteiger partial charge in [0.05, 0.1) is 6.61 Å².